The van der Waals surface area contributed by atoms with E-state index in [0.717, 1.165) is 10.4 Å². The van der Waals surface area contributed by atoms with Crippen molar-refractivity contribution in [3.63, 3.8) is 0 Å². The Balaban J connectivity index is 2.83. The van der Waals surface area contributed by atoms with Crippen LogP contribution in [0.25, 0.3) is 10.1 Å². The molecule has 68 valence electrons. The summed E-state index contributed by atoms with van der Waals surface area (Å²) in [6.45, 7) is 2.11. The number of thiophene rings is 1. The molecule has 0 saturated carbocycles. The average Bonchev–Trinajstić information content (AvgIpc) is 2.48. The Hall–Kier alpha value is -0.0500. The summed E-state index contributed by atoms with van der Waals surface area (Å²) >= 11 is 11.3. The molecule has 1 aromatic heterocycles. The van der Waals surface area contributed by atoms with Gasteiger partial charge in [-0.25, -0.2) is 0 Å². The standard InChI is InChI=1S/C10H8BrClS/c1-6-4-8-7(5-11)2-3-9(12)10(8)13-6/h2-4H,5H2,1H3. The van der Waals surface area contributed by atoms with Crippen molar-refractivity contribution < 1.29 is 0 Å². The Kier molecular flexibility index (Phi) is 2.63. The number of benzene rings is 1. The molecule has 1 heterocycles. The lowest BCUT2D eigenvalue weighted by molar-refractivity contribution is 1.50. The van der Waals surface area contributed by atoms with Gasteiger partial charge in [0.2, 0.25) is 0 Å². The van der Waals surface area contributed by atoms with Gasteiger partial charge in [0.15, 0.2) is 0 Å². The highest BCUT2D eigenvalue weighted by molar-refractivity contribution is 9.08. The predicted octanol–water partition coefficient (Wildman–Crippen LogP) is 4.76. The van der Waals surface area contributed by atoms with Crippen molar-refractivity contribution in [3.8, 4) is 0 Å². The Bertz CT molecular complexity index is 447. The van der Waals surface area contributed by atoms with Crippen LogP contribution in [-0.4, -0.2) is 0 Å². The van der Waals surface area contributed by atoms with Crippen LogP contribution >= 0.6 is 38.9 Å². The number of alkyl halides is 1. The van der Waals surface area contributed by atoms with Crippen molar-refractivity contribution >= 4 is 49.0 Å². The molecule has 0 radical (unpaired) electrons. The van der Waals surface area contributed by atoms with Crippen LogP contribution in [0.1, 0.15) is 10.4 Å². The number of halogens is 2. The number of fused-ring (bicyclic) bond motifs is 1. The van der Waals surface area contributed by atoms with Gasteiger partial charge in [0.1, 0.15) is 0 Å². The van der Waals surface area contributed by atoms with E-state index in [9.17, 15) is 0 Å². The largest absolute Gasteiger partial charge is 0.139 e. The molecule has 0 aliphatic carbocycles. The monoisotopic (exact) mass is 274 g/mol. The molecule has 0 aliphatic rings. The Morgan fingerprint density at radius 1 is 1.46 bits per heavy atom. The van der Waals surface area contributed by atoms with Crippen molar-refractivity contribution in [3.05, 3.63) is 33.7 Å². The highest BCUT2D eigenvalue weighted by Crippen LogP contribution is 2.34. The maximum Gasteiger partial charge on any atom is 0.0584 e. The minimum Gasteiger partial charge on any atom is -0.139 e. The van der Waals surface area contributed by atoms with Crippen LogP contribution in [0.15, 0.2) is 18.2 Å². The molecular weight excluding hydrogens is 268 g/mol. The summed E-state index contributed by atoms with van der Waals surface area (Å²) in [6.07, 6.45) is 0. The normalized spacial score (nSPS) is 11.0. The van der Waals surface area contributed by atoms with Gasteiger partial charge in [0.05, 0.1) is 9.72 Å². The van der Waals surface area contributed by atoms with Gasteiger partial charge in [-0.3, -0.25) is 0 Å². The summed E-state index contributed by atoms with van der Waals surface area (Å²) < 4.78 is 1.20. The van der Waals surface area contributed by atoms with Crippen LogP contribution < -0.4 is 0 Å². The Morgan fingerprint density at radius 3 is 2.92 bits per heavy atom. The molecule has 1 aromatic carbocycles. The fourth-order valence-corrected chi connectivity index (χ4v) is 3.12. The second-order valence-electron chi connectivity index (χ2n) is 2.94. The molecular formula is C10H8BrClS. The van der Waals surface area contributed by atoms with E-state index in [1.54, 1.807) is 11.3 Å². The van der Waals surface area contributed by atoms with Crippen LogP contribution in [0.4, 0.5) is 0 Å². The summed E-state index contributed by atoms with van der Waals surface area (Å²) in [5.41, 5.74) is 1.31. The zero-order chi connectivity index (χ0) is 9.42. The minimum absolute atomic E-state index is 0.859. The summed E-state index contributed by atoms with van der Waals surface area (Å²) in [4.78, 5) is 1.31. The minimum atomic E-state index is 0.859. The third kappa shape index (κ3) is 1.63. The van der Waals surface area contributed by atoms with Gasteiger partial charge in [-0.2, -0.15) is 0 Å². The van der Waals surface area contributed by atoms with Gasteiger partial charge in [-0.05, 0) is 30.0 Å². The van der Waals surface area contributed by atoms with E-state index in [-0.39, 0.29) is 0 Å². The van der Waals surface area contributed by atoms with Crippen molar-refractivity contribution in [2.24, 2.45) is 0 Å². The van der Waals surface area contributed by atoms with Gasteiger partial charge in [0, 0.05) is 10.2 Å². The molecule has 0 aliphatic heterocycles. The molecule has 0 nitrogen and oxygen atoms in total. The third-order valence-corrected chi connectivity index (χ3v) is 4.11. The molecule has 0 atom stereocenters. The second-order valence-corrected chi connectivity index (χ2v) is 5.16. The van der Waals surface area contributed by atoms with E-state index in [4.69, 9.17) is 11.6 Å². The van der Waals surface area contributed by atoms with Crippen molar-refractivity contribution in [2.45, 2.75) is 12.3 Å². The topological polar surface area (TPSA) is 0 Å². The zero-order valence-corrected chi connectivity index (χ0v) is 10.3. The molecule has 0 saturated heterocycles. The average molecular weight is 276 g/mol. The van der Waals surface area contributed by atoms with Gasteiger partial charge in [-0.15, -0.1) is 11.3 Å². The van der Waals surface area contributed by atoms with Gasteiger partial charge in [0.25, 0.3) is 0 Å². The van der Waals surface area contributed by atoms with Crippen LogP contribution in [0.2, 0.25) is 5.02 Å². The van der Waals surface area contributed by atoms with E-state index >= 15 is 0 Å². The third-order valence-electron chi connectivity index (χ3n) is 1.99. The van der Waals surface area contributed by atoms with Crippen LogP contribution in [0.3, 0.4) is 0 Å². The van der Waals surface area contributed by atoms with E-state index in [0.29, 0.717) is 0 Å². The molecule has 0 amide bonds. The fraction of sp³-hybridized carbons (Fsp3) is 0.200. The SMILES string of the molecule is Cc1cc2c(CBr)ccc(Cl)c2s1. The lowest BCUT2D eigenvalue weighted by Crippen LogP contribution is -1.77. The Morgan fingerprint density at radius 2 is 2.23 bits per heavy atom. The predicted molar refractivity (Wildman–Crippen MR) is 64.2 cm³/mol. The van der Waals surface area contributed by atoms with Crippen molar-refractivity contribution in [2.75, 3.05) is 0 Å². The van der Waals surface area contributed by atoms with E-state index in [1.807, 2.05) is 6.07 Å². The van der Waals surface area contributed by atoms with E-state index in [1.165, 1.54) is 20.5 Å². The van der Waals surface area contributed by atoms with Gasteiger partial charge < -0.3 is 0 Å². The molecule has 0 N–H and O–H groups in total. The number of hydrogen-bond donors (Lipinski definition) is 0. The van der Waals surface area contributed by atoms with Crippen LogP contribution in [0, 0.1) is 6.92 Å². The van der Waals surface area contributed by atoms with Crippen molar-refractivity contribution in [1.82, 2.24) is 0 Å². The summed E-state index contributed by atoms with van der Waals surface area (Å²) in [7, 11) is 0. The van der Waals surface area contributed by atoms with Gasteiger partial charge >= 0.3 is 0 Å². The van der Waals surface area contributed by atoms with Crippen molar-refractivity contribution in [1.29, 1.82) is 0 Å². The van der Waals surface area contributed by atoms with Gasteiger partial charge in [-0.1, -0.05) is 33.6 Å². The summed E-state index contributed by atoms with van der Waals surface area (Å²) in [6, 6.07) is 6.24. The first-order valence-electron chi connectivity index (χ1n) is 3.96. The molecule has 0 spiro atoms. The number of aryl methyl sites for hydroxylation is 1. The zero-order valence-electron chi connectivity index (χ0n) is 7.10. The number of rotatable bonds is 1. The van der Waals surface area contributed by atoms with Crippen LogP contribution in [-0.2, 0) is 5.33 Å². The van der Waals surface area contributed by atoms with E-state index in [2.05, 4.69) is 35.0 Å². The van der Waals surface area contributed by atoms with Crippen LogP contribution in [0.5, 0.6) is 0 Å². The molecule has 0 fully saturated rings. The summed E-state index contributed by atoms with van der Waals surface area (Å²) in [5.74, 6) is 0. The first kappa shape index (κ1) is 9.50. The smallest absolute Gasteiger partial charge is 0.0584 e. The maximum absolute atomic E-state index is 6.09. The first-order chi connectivity index (χ1) is 6.22. The molecule has 0 bridgehead atoms. The lowest BCUT2D eigenvalue weighted by Gasteiger charge is -1.98. The maximum atomic E-state index is 6.09. The highest BCUT2D eigenvalue weighted by atomic mass is 79.9. The molecule has 0 unspecified atom stereocenters. The molecule has 13 heavy (non-hydrogen) atoms. The quantitative estimate of drug-likeness (QED) is 0.658. The Labute approximate surface area is 94.7 Å². The summed E-state index contributed by atoms with van der Waals surface area (Å²) in [5, 5.41) is 3.03. The lowest BCUT2D eigenvalue weighted by atomic mass is 10.1. The highest BCUT2D eigenvalue weighted by Gasteiger charge is 2.06. The fourth-order valence-electron chi connectivity index (χ4n) is 1.39. The second kappa shape index (κ2) is 3.60. The first-order valence-corrected chi connectivity index (χ1v) is 6.27. The van der Waals surface area contributed by atoms with E-state index < -0.39 is 0 Å². The molecule has 2 aromatic rings. The molecule has 3 heteroatoms. The number of hydrogen-bond acceptors (Lipinski definition) is 1. The molecule has 2 rings (SSSR count).